The summed E-state index contributed by atoms with van der Waals surface area (Å²) >= 11 is 20.5. The van der Waals surface area contributed by atoms with Gasteiger partial charge >= 0.3 is 26.2 Å². The number of hydrogen-bond acceptors (Lipinski definition) is 4. The largest absolute Gasteiger partial charge is 3.00 e. The normalized spacial score (nSPS) is 9.18. The number of rotatable bonds is 4. The summed E-state index contributed by atoms with van der Waals surface area (Å²) in [6.45, 7) is 0. The smallest absolute Gasteiger partial charge is 1.00 e. The molecule has 1 radical (unpaired) electrons. The van der Waals surface area contributed by atoms with Crippen LogP contribution in [0.5, 0.6) is 0 Å². The number of hydrogen-bond donors (Lipinski definition) is 0. The number of para-hydroxylation sites is 4. The van der Waals surface area contributed by atoms with Crippen LogP contribution in [-0.2, 0) is 51.5 Å². The maximum Gasteiger partial charge on any atom is 3.00 e. The van der Waals surface area contributed by atoms with Gasteiger partial charge in [0.1, 0.15) is 0 Å². The average Bonchev–Trinajstić information content (AvgIpc) is 2.82. The maximum atomic E-state index is 5.12. The summed E-state index contributed by atoms with van der Waals surface area (Å²) in [7, 11) is 0. The molecular weight excluding hydrogens is 579 g/mol. The Morgan fingerprint density at radius 2 is 0.618 bits per heavy atom. The molecule has 2 nitrogen and oxygen atoms in total. The van der Waals surface area contributed by atoms with Gasteiger partial charge in [0.15, 0.2) is 0 Å². The molecule has 0 amide bonds. The van der Waals surface area contributed by atoms with E-state index in [1.165, 1.54) is 0 Å². The fourth-order valence-electron chi connectivity index (χ4n) is 3.03. The molecular formula is C26H20FN2S4Zr. The Balaban J connectivity index is 0.000000321. The molecule has 0 spiro atoms. The molecule has 0 atom stereocenters. The first-order chi connectivity index (χ1) is 15.6. The Hall–Kier alpha value is -2.09. The number of benzene rings is 4. The minimum absolute atomic E-state index is 0. The molecule has 0 aliphatic carbocycles. The summed E-state index contributed by atoms with van der Waals surface area (Å²) in [5, 5.41) is 0. The van der Waals surface area contributed by atoms with Crippen molar-refractivity contribution in [1.29, 1.82) is 0 Å². The molecule has 0 N–H and O–H groups in total. The Bertz CT molecular complexity index is 963. The van der Waals surface area contributed by atoms with Crippen molar-refractivity contribution in [2.24, 2.45) is 0 Å². The molecule has 8 heteroatoms. The van der Waals surface area contributed by atoms with E-state index in [1.807, 2.05) is 131 Å². The van der Waals surface area contributed by atoms with Gasteiger partial charge in [-0.05, 0) is 48.5 Å². The molecule has 0 aromatic heterocycles. The van der Waals surface area contributed by atoms with Crippen LogP contribution in [0.15, 0.2) is 121 Å². The molecule has 0 heterocycles. The van der Waals surface area contributed by atoms with E-state index in [0.717, 1.165) is 22.7 Å². The Morgan fingerprint density at radius 1 is 0.441 bits per heavy atom. The molecule has 34 heavy (non-hydrogen) atoms. The predicted octanol–water partition coefficient (Wildman–Crippen LogP) is 4.31. The molecule has 0 fully saturated rings. The van der Waals surface area contributed by atoms with Gasteiger partial charge in [0, 0.05) is 22.7 Å². The third kappa shape index (κ3) is 8.60. The number of nitrogens with zero attached hydrogens (tertiary/aromatic N) is 2. The molecule has 4 rings (SSSR count). The summed E-state index contributed by atoms with van der Waals surface area (Å²) in [6, 6.07) is 39.6. The minimum Gasteiger partial charge on any atom is -1.00 e. The van der Waals surface area contributed by atoms with E-state index in [4.69, 9.17) is 49.7 Å². The minimum atomic E-state index is 0. The van der Waals surface area contributed by atoms with Crippen LogP contribution in [0.2, 0.25) is 0 Å². The van der Waals surface area contributed by atoms with E-state index >= 15 is 0 Å². The van der Waals surface area contributed by atoms with Crippen molar-refractivity contribution < 1.29 is 30.9 Å². The van der Waals surface area contributed by atoms with Gasteiger partial charge < -0.3 is 64.2 Å². The van der Waals surface area contributed by atoms with Crippen LogP contribution in [-0.4, -0.2) is 8.64 Å². The quantitative estimate of drug-likeness (QED) is 0.253. The zero-order valence-corrected chi connectivity index (χ0v) is 23.7. The molecule has 0 aliphatic rings. The van der Waals surface area contributed by atoms with Crippen LogP contribution in [0.4, 0.5) is 22.7 Å². The summed E-state index contributed by atoms with van der Waals surface area (Å²) in [5.74, 6) is 0. The topological polar surface area (TPSA) is 6.48 Å². The van der Waals surface area contributed by atoms with Crippen LogP contribution in [0.25, 0.3) is 0 Å². The van der Waals surface area contributed by atoms with E-state index in [2.05, 4.69) is 0 Å². The standard InChI is InChI=1S/2C13H11NS2.FH.Zr/c2*15-13(16)14(11-7-3-1-4-8-11)12-9-5-2-6-10-12;;/h2*1-10H,(H,15,16);1H;/q;;;+3/p-3. The first-order valence-corrected chi connectivity index (χ1v) is 11.4. The molecule has 0 aliphatic heterocycles. The Kier molecular flexibility index (Phi) is 13.9. The van der Waals surface area contributed by atoms with Crippen molar-refractivity contribution in [3.8, 4) is 0 Å². The van der Waals surface area contributed by atoms with E-state index < -0.39 is 0 Å². The van der Waals surface area contributed by atoms with E-state index in [0.29, 0.717) is 8.64 Å². The first kappa shape index (κ1) is 29.9. The fraction of sp³-hybridized carbons (Fsp3) is 0. The third-order valence-electron chi connectivity index (χ3n) is 4.42. The van der Waals surface area contributed by atoms with E-state index in [-0.39, 0.29) is 30.9 Å². The zero-order chi connectivity index (χ0) is 22.8. The van der Waals surface area contributed by atoms with Gasteiger partial charge in [-0.25, -0.2) is 0 Å². The number of anilines is 4. The van der Waals surface area contributed by atoms with Crippen molar-refractivity contribution >= 4 is 81.1 Å². The molecule has 4 aromatic rings. The second-order valence-corrected chi connectivity index (χ2v) is 8.61. The van der Waals surface area contributed by atoms with Crippen molar-refractivity contribution in [2.75, 3.05) is 9.80 Å². The molecule has 169 valence electrons. The zero-order valence-electron chi connectivity index (χ0n) is 18.0. The number of halogens is 1. The van der Waals surface area contributed by atoms with Gasteiger partial charge in [0.05, 0.1) is 0 Å². The number of thiocarbonyl (C=S) groups is 2. The summed E-state index contributed by atoms with van der Waals surface area (Å²) in [4.78, 5) is 3.76. The van der Waals surface area contributed by atoms with E-state index in [1.54, 1.807) is 0 Å². The fourth-order valence-corrected chi connectivity index (χ4v) is 3.87. The Labute approximate surface area is 241 Å². The van der Waals surface area contributed by atoms with Crippen molar-refractivity contribution in [2.45, 2.75) is 0 Å². The molecule has 0 unspecified atom stereocenters. The van der Waals surface area contributed by atoms with Crippen LogP contribution >= 0.6 is 24.4 Å². The van der Waals surface area contributed by atoms with Crippen LogP contribution < -0.4 is 14.5 Å². The van der Waals surface area contributed by atoms with Crippen LogP contribution in [0, 0.1) is 0 Å². The predicted molar refractivity (Wildman–Crippen MR) is 150 cm³/mol. The van der Waals surface area contributed by atoms with Crippen LogP contribution in [0.1, 0.15) is 0 Å². The third-order valence-corrected chi connectivity index (χ3v) is 5.15. The molecule has 0 bridgehead atoms. The van der Waals surface area contributed by atoms with Crippen molar-refractivity contribution in [3.05, 3.63) is 121 Å². The van der Waals surface area contributed by atoms with Gasteiger partial charge in [0.25, 0.3) is 0 Å². The first-order valence-electron chi connectivity index (χ1n) is 9.80. The van der Waals surface area contributed by atoms with E-state index in [9.17, 15) is 0 Å². The monoisotopic (exact) mass is 597 g/mol. The summed E-state index contributed by atoms with van der Waals surface area (Å²) < 4.78 is 0.856. The maximum absolute atomic E-state index is 5.12. The molecule has 4 aromatic carbocycles. The van der Waals surface area contributed by atoms with Gasteiger partial charge in [-0.3, -0.25) is 0 Å². The van der Waals surface area contributed by atoms with Crippen molar-refractivity contribution in [3.63, 3.8) is 0 Å². The average molecular weight is 599 g/mol. The second kappa shape index (κ2) is 15.7. The Morgan fingerprint density at radius 3 is 0.765 bits per heavy atom. The molecule has 0 saturated heterocycles. The van der Waals surface area contributed by atoms with Crippen molar-refractivity contribution in [1.82, 2.24) is 0 Å². The SMILES string of the molecule is S=C([S-])N(c1ccccc1)c1ccccc1.S=C([S-])N(c1ccccc1)c1ccccc1.[F-].[Zr+3]. The molecule has 0 saturated carbocycles. The van der Waals surface area contributed by atoms with Gasteiger partial charge in [0.2, 0.25) is 0 Å². The van der Waals surface area contributed by atoms with Gasteiger partial charge in [-0.2, -0.15) is 0 Å². The summed E-state index contributed by atoms with van der Waals surface area (Å²) in [6.07, 6.45) is 0. The van der Waals surface area contributed by atoms with Crippen LogP contribution in [0.3, 0.4) is 0 Å². The van der Waals surface area contributed by atoms with Gasteiger partial charge in [-0.15, -0.1) is 0 Å². The second-order valence-electron chi connectivity index (χ2n) is 6.54. The van der Waals surface area contributed by atoms with Gasteiger partial charge in [-0.1, -0.05) is 81.4 Å². The summed E-state index contributed by atoms with van der Waals surface area (Å²) in [5.41, 5.74) is 3.98.